The van der Waals surface area contributed by atoms with E-state index in [-0.39, 0.29) is 12.4 Å². The zero-order valence-electron chi connectivity index (χ0n) is 27.0. The minimum absolute atomic E-state index is 0.138. The van der Waals surface area contributed by atoms with Crippen LogP contribution in [0.4, 0.5) is 18.9 Å². The minimum Gasteiger partial charge on any atom is -0.480 e. The molecule has 0 atom stereocenters. The fourth-order valence-electron chi connectivity index (χ4n) is 5.09. The van der Waals surface area contributed by atoms with Crippen LogP contribution in [0.5, 0.6) is 5.88 Å². The molecule has 11 nitrogen and oxygen atoms in total. The van der Waals surface area contributed by atoms with Crippen molar-refractivity contribution < 1.29 is 31.1 Å². The Morgan fingerprint density at radius 1 is 0.939 bits per heavy atom. The Bertz CT molecular complexity index is 2260. The van der Waals surface area contributed by atoms with Gasteiger partial charge in [-0.1, -0.05) is 50.0 Å². The molecule has 0 bridgehead atoms. The summed E-state index contributed by atoms with van der Waals surface area (Å²) in [6, 6.07) is 13.2. The molecule has 1 N–H and O–H groups in total. The van der Waals surface area contributed by atoms with Crippen LogP contribution in [0.15, 0.2) is 84.5 Å². The number of pyridine rings is 1. The average Bonchev–Trinajstić information content (AvgIpc) is 3.68. The SMILES string of the molecule is COc1ncc(F)cc1S(=O)(=O)Nc1ccc(F)c(-c2cn3cnc(-c4ncc(-c5ccccc5)n4COCC[Si](C)(C)C)c3cn2)c1F. The molecule has 16 heteroatoms. The zero-order valence-corrected chi connectivity index (χ0v) is 28.8. The van der Waals surface area contributed by atoms with E-state index in [4.69, 9.17) is 9.47 Å². The highest BCUT2D eigenvalue weighted by Crippen LogP contribution is 2.34. The average molecular weight is 708 g/mol. The van der Waals surface area contributed by atoms with Crippen LogP contribution in [0, 0.1) is 17.5 Å². The first kappa shape index (κ1) is 33.8. The fourth-order valence-corrected chi connectivity index (χ4v) is 7.03. The monoisotopic (exact) mass is 707 g/mol. The third-order valence-corrected chi connectivity index (χ3v) is 10.7. The lowest BCUT2D eigenvalue weighted by Gasteiger charge is -2.17. The van der Waals surface area contributed by atoms with Gasteiger partial charge in [-0.2, -0.15) is 0 Å². The molecule has 6 aromatic rings. The molecule has 6 rings (SSSR count). The van der Waals surface area contributed by atoms with Gasteiger partial charge in [0, 0.05) is 26.9 Å². The van der Waals surface area contributed by atoms with Crippen molar-refractivity contribution in [3.05, 3.63) is 97.1 Å². The van der Waals surface area contributed by atoms with Crippen LogP contribution in [-0.2, 0) is 21.5 Å². The van der Waals surface area contributed by atoms with Crippen LogP contribution < -0.4 is 9.46 Å². The van der Waals surface area contributed by atoms with E-state index >= 15 is 8.78 Å². The van der Waals surface area contributed by atoms with Crippen molar-refractivity contribution in [2.75, 3.05) is 18.4 Å². The number of hydrogen-bond acceptors (Lipinski definition) is 8. The largest absolute Gasteiger partial charge is 0.480 e. The highest BCUT2D eigenvalue weighted by atomic mass is 32.2. The van der Waals surface area contributed by atoms with E-state index in [1.807, 2.05) is 39.6 Å². The summed E-state index contributed by atoms with van der Waals surface area (Å²) in [5, 5.41) is 0. The number of hydrogen-bond donors (Lipinski definition) is 1. The molecular formula is C33H32F3N7O4SSi. The first-order valence-corrected chi connectivity index (χ1v) is 20.3. The van der Waals surface area contributed by atoms with Gasteiger partial charge in [-0.25, -0.2) is 36.5 Å². The number of benzene rings is 2. The number of rotatable bonds is 12. The Balaban J connectivity index is 1.35. The Labute approximate surface area is 281 Å². The molecule has 4 aromatic heterocycles. The third-order valence-electron chi connectivity index (χ3n) is 7.63. The number of sulfonamides is 1. The van der Waals surface area contributed by atoms with E-state index in [9.17, 15) is 12.8 Å². The lowest BCUT2D eigenvalue weighted by molar-refractivity contribution is 0.0893. The van der Waals surface area contributed by atoms with Crippen molar-refractivity contribution in [2.45, 2.75) is 37.3 Å². The standard InChI is InChI=1S/C33H32F3N7O4SSi/c1-46-33-28(14-22(34)15-39-33)48(44,45)41-24-11-10-23(35)29(30(24)36)25-18-42-19-40-31(27(42)17-37-25)32-38-16-26(21-8-6-5-7-9-21)43(32)20-47-12-13-49(2,3)4/h5-11,14-19,41H,12-13,20H2,1-4H3. The highest BCUT2D eigenvalue weighted by molar-refractivity contribution is 7.92. The van der Waals surface area contributed by atoms with E-state index in [0.717, 1.165) is 42.7 Å². The van der Waals surface area contributed by atoms with Gasteiger partial charge in [-0.05, 0) is 23.7 Å². The van der Waals surface area contributed by atoms with Gasteiger partial charge >= 0.3 is 0 Å². The second kappa shape index (κ2) is 13.4. The summed E-state index contributed by atoms with van der Waals surface area (Å²) in [5.74, 6) is -3.07. The molecule has 0 aliphatic heterocycles. The van der Waals surface area contributed by atoms with Gasteiger partial charge in [0.05, 0.1) is 53.9 Å². The molecule has 2 aromatic carbocycles. The number of nitrogens with zero attached hydrogens (tertiary/aromatic N) is 6. The molecule has 0 aliphatic carbocycles. The van der Waals surface area contributed by atoms with Gasteiger partial charge in [0.1, 0.15) is 30.4 Å². The summed E-state index contributed by atoms with van der Waals surface area (Å²) >= 11 is 0. The maximum atomic E-state index is 15.9. The smallest absolute Gasteiger partial charge is 0.267 e. The maximum Gasteiger partial charge on any atom is 0.267 e. The zero-order chi connectivity index (χ0) is 34.9. The number of nitrogens with one attached hydrogen (secondary N) is 1. The summed E-state index contributed by atoms with van der Waals surface area (Å²) in [5.41, 5.74) is 1.40. The lowest BCUT2D eigenvalue weighted by atomic mass is 10.1. The molecule has 0 radical (unpaired) electrons. The van der Waals surface area contributed by atoms with Crippen molar-refractivity contribution in [1.82, 2.24) is 28.9 Å². The van der Waals surface area contributed by atoms with Crippen molar-refractivity contribution >= 4 is 29.3 Å². The molecule has 0 spiro atoms. The first-order chi connectivity index (χ1) is 23.4. The summed E-state index contributed by atoms with van der Waals surface area (Å²) in [6.45, 7) is 7.66. The fraction of sp³-hybridized carbons (Fsp3) is 0.212. The quantitative estimate of drug-likeness (QED) is 0.108. The summed E-state index contributed by atoms with van der Waals surface area (Å²) in [7, 11) is -4.78. The lowest BCUT2D eigenvalue weighted by Crippen LogP contribution is -2.22. The van der Waals surface area contributed by atoms with E-state index in [2.05, 4.69) is 39.6 Å². The number of fused-ring (bicyclic) bond motifs is 1. The van der Waals surface area contributed by atoms with Crippen molar-refractivity contribution in [2.24, 2.45) is 0 Å². The molecule has 0 unspecified atom stereocenters. The first-order valence-electron chi connectivity index (χ1n) is 15.1. The predicted molar refractivity (Wildman–Crippen MR) is 181 cm³/mol. The third kappa shape index (κ3) is 7.06. The van der Waals surface area contributed by atoms with Gasteiger partial charge in [-0.15, -0.1) is 0 Å². The molecule has 49 heavy (non-hydrogen) atoms. The molecule has 0 saturated heterocycles. The second-order valence-corrected chi connectivity index (χ2v) is 19.6. The maximum absolute atomic E-state index is 15.9. The molecular weight excluding hydrogens is 676 g/mol. The van der Waals surface area contributed by atoms with Gasteiger partial charge in [0.25, 0.3) is 10.0 Å². The normalized spacial score (nSPS) is 12.1. The van der Waals surface area contributed by atoms with E-state index < -0.39 is 57.6 Å². The van der Waals surface area contributed by atoms with Crippen molar-refractivity contribution in [3.63, 3.8) is 0 Å². The van der Waals surface area contributed by atoms with Crippen molar-refractivity contribution in [1.29, 1.82) is 0 Å². The Morgan fingerprint density at radius 3 is 2.45 bits per heavy atom. The van der Waals surface area contributed by atoms with Crippen LogP contribution in [0.3, 0.4) is 0 Å². The molecule has 0 saturated carbocycles. The van der Waals surface area contributed by atoms with E-state index in [0.29, 0.717) is 29.7 Å². The topological polar surface area (TPSA) is 126 Å². The number of ether oxygens (including phenoxy) is 2. The molecule has 0 aliphatic rings. The Hall–Kier alpha value is -5.06. The highest BCUT2D eigenvalue weighted by Gasteiger charge is 2.26. The number of aromatic nitrogens is 6. The molecule has 4 heterocycles. The van der Waals surface area contributed by atoms with Crippen LogP contribution >= 0.6 is 0 Å². The molecule has 0 fully saturated rings. The van der Waals surface area contributed by atoms with E-state index in [1.165, 1.54) is 18.7 Å². The molecule has 254 valence electrons. The van der Waals surface area contributed by atoms with Crippen LogP contribution in [-0.4, -0.2) is 59.1 Å². The van der Waals surface area contributed by atoms with Gasteiger partial charge in [-0.3, -0.25) is 14.3 Å². The number of anilines is 1. The second-order valence-electron chi connectivity index (χ2n) is 12.3. The predicted octanol–water partition coefficient (Wildman–Crippen LogP) is 6.86. The number of methoxy groups -OCH3 is 1. The van der Waals surface area contributed by atoms with Crippen molar-refractivity contribution in [3.8, 4) is 39.9 Å². The summed E-state index contributed by atoms with van der Waals surface area (Å²) in [4.78, 5) is 16.5. The molecule has 0 amide bonds. The van der Waals surface area contributed by atoms with Crippen LogP contribution in [0.1, 0.15) is 0 Å². The van der Waals surface area contributed by atoms with Crippen LogP contribution in [0.2, 0.25) is 25.7 Å². The number of imidazole rings is 2. The van der Waals surface area contributed by atoms with Crippen LogP contribution in [0.25, 0.3) is 39.5 Å². The summed E-state index contributed by atoms with van der Waals surface area (Å²) in [6.07, 6.45) is 6.77. The summed E-state index contributed by atoms with van der Waals surface area (Å²) < 4.78 is 87.6. The van der Waals surface area contributed by atoms with Gasteiger partial charge in [0.15, 0.2) is 16.5 Å². The van der Waals surface area contributed by atoms with E-state index in [1.54, 1.807) is 10.6 Å². The number of halogens is 3. The Morgan fingerprint density at radius 2 is 1.71 bits per heavy atom. The van der Waals surface area contributed by atoms with Gasteiger partial charge < -0.3 is 13.9 Å². The minimum atomic E-state index is -4.61. The van der Waals surface area contributed by atoms with Gasteiger partial charge in [0.2, 0.25) is 5.88 Å². The Kier molecular flexibility index (Phi) is 9.28.